The molecule has 0 spiro atoms. The van der Waals surface area contributed by atoms with Crippen LogP contribution in [0.5, 0.6) is 5.75 Å². The molecule has 0 amide bonds. The summed E-state index contributed by atoms with van der Waals surface area (Å²) in [6.07, 6.45) is 1.86. The molecule has 3 nitrogen and oxygen atoms in total. The summed E-state index contributed by atoms with van der Waals surface area (Å²) in [4.78, 5) is 11.4. The molecule has 0 bridgehead atoms. The molecule has 1 N–H and O–H groups in total. The minimum absolute atomic E-state index is 0.162. The normalized spacial score (nSPS) is 11.3. The van der Waals surface area contributed by atoms with Crippen molar-refractivity contribution in [2.75, 3.05) is 0 Å². The number of aromatic carboxylic acids is 1. The van der Waals surface area contributed by atoms with Gasteiger partial charge in [-0.2, -0.15) is 0 Å². The van der Waals surface area contributed by atoms with Crippen LogP contribution in [0.25, 0.3) is 0 Å². The van der Waals surface area contributed by atoms with Crippen LogP contribution in [-0.4, -0.2) is 11.1 Å². The number of carbonyl (C=O) groups is 1. The Bertz CT molecular complexity index is 1020. The van der Waals surface area contributed by atoms with Gasteiger partial charge in [0.25, 0.3) is 0 Å². The lowest BCUT2D eigenvalue weighted by Crippen LogP contribution is -2.26. The maximum atomic E-state index is 11.4. The van der Waals surface area contributed by atoms with E-state index in [1.807, 2.05) is 37.3 Å². The molecule has 0 heterocycles. The van der Waals surface area contributed by atoms with Gasteiger partial charge in [0.15, 0.2) is 0 Å². The summed E-state index contributed by atoms with van der Waals surface area (Å²) in [6, 6.07) is 22.3. The van der Waals surface area contributed by atoms with Gasteiger partial charge in [-0.3, -0.25) is 0 Å². The van der Waals surface area contributed by atoms with Crippen molar-refractivity contribution in [3.8, 4) is 5.75 Å². The van der Waals surface area contributed by atoms with Gasteiger partial charge in [-0.15, -0.1) is 0 Å². The van der Waals surface area contributed by atoms with Crippen molar-refractivity contribution < 1.29 is 14.6 Å². The Balaban J connectivity index is 1.93. The van der Waals surface area contributed by atoms with Crippen LogP contribution in [0.15, 0.2) is 66.7 Å². The Kier molecular flexibility index (Phi) is 6.61. The van der Waals surface area contributed by atoms with Crippen molar-refractivity contribution in [1.29, 1.82) is 0 Å². The molecule has 3 rings (SSSR count). The molecule has 0 aliphatic heterocycles. The zero-order valence-corrected chi connectivity index (χ0v) is 18.2. The number of carboxylic acids is 1. The third-order valence-electron chi connectivity index (χ3n) is 6.18. The van der Waals surface area contributed by atoms with Gasteiger partial charge < -0.3 is 9.84 Å². The summed E-state index contributed by atoms with van der Waals surface area (Å²) in [5, 5.41) is 9.38. The first-order valence-electron chi connectivity index (χ1n) is 10.5. The number of carboxylic acid groups (broad SMARTS) is 1. The molecule has 0 aliphatic rings. The average molecular weight is 403 g/mol. The Labute approximate surface area is 179 Å². The molecule has 0 fully saturated rings. The number of benzene rings is 3. The first kappa shape index (κ1) is 21.6. The summed E-state index contributed by atoms with van der Waals surface area (Å²) in [5.41, 5.74) is 5.64. The Morgan fingerprint density at radius 2 is 1.47 bits per heavy atom. The molecule has 3 aromatic carbocycles. The van der Waals surface area contributed by atoms with E-state index in [9.17, 15) is 9.90 Å². The van der Waals surface area contributed by atoms with Crippen LogP contribution in [0.3, 0.4) is 0 Å². The fourth-order valence-corrected chi connectivity index (χ4v) is 4.28. The molecule has 3 aromatic rings. The lowest BCUT2D eigenvalue weighted by atomic mass is 9.70. The lowest BCUT2D eigenvalue weighted by molar-refractivity contribution is 0.0696. The van der Waals surface area contributed by atoms with Gasteiger partial charge in [0, 0.05) is 5.41 Å². The maximum Gasteiger partial charge on any atom is 0.335 e. The Hall–Kier alpha value is -3.07. The maximum absolute atomic E-state index is 11.4. The highest BCUT2D eigenvalue weighted by atomic mass is 16.5. The van der Waals surface area contributed by atoms with E-state index in [-0.39, 0.29) is 5.41 Å². The number of aryl methyl sites for hydroxylation is 2. The van der Waals surface area contributed by atoms with Crippen LogP contribution in [0.2, 0.25) is 0 Å². The van der Waals surface area contributed by atoms with Gasteiger partial charge in [-0.25, -0.2) is 4.79 Å². The van der Waals surface area contributed by atoms with Crippen molar-refractivity contribution in [1.82, 2.24) is 0 Å². The van der Waals surface area contributed by atoms with Crippen LogP contribution in [0, 0.1) is 13.8 Å². The first-order valence-corrected chi connectivity index (χ1v) is 10.5. The minimum atomic E-state index is -0.881. The van der Waals surface area contributed by atoms with E-state index >= 15 is 0 Å². The van der Waals surface area contributed by atoms with Crippen molar-refractivity contribution >= 4 is 5.97 Å². The fourth-order valence-electron chi connectivity index (χ4n) is 4.28. The largest absolute Gasteiger partial charge is 0.489 e. The molecule has 30 heavy (non-hydrogen) atoms. The average Bonchev–Trinajstić information content (AvgIpc) is 2.75. The van der Waals surface area contributed by atoms with Crippen molar-refractivity contribution in [3.63, 3.8) is 0 Å². The second-order valence-electron chi connectivity index (χ2n) is 7.88. The summed E-state index contributed by atoms with van der Waals surface area (Å²) in [7, 11) is 0. The summed E-state index contributed by atoms with van der Waals surface area (Å²) in [5.74, 6) is 0.00882. The predicted molar refractivity (Wildman–Crippen MR) is 121 cm³/mol. The molecular weight excluding hydrogens is 372 g/mol. The second-order valence-corrected chi connectivity index (χ2v) is 7.88. The molecule has 0 saturated heterocycles. The van der Waals surface area contributed by atoms with E-state index in [2.05, 4.69) is 51.1 Å². The van der Waals surface area contributed by atoms with Crippen molar-refractivity contribution in [2.24, 2.45) is 0 Å². The number of ether oxygens (including phenoxy) is 1. The fraction of sp³-hybridized carbons (Fsp3) is 0.296. The topological polar surface area (TPSA) is 46.5 Å². The highest BCUT2D eigenvalue weighted by Gasteiger charge is 2.31. The van der Waals surface area contributed by atoms with Crippen molar-refractivity contribution in [3.05, 3.63) is 100 Å². The Morgan fingerprint density at radius 1 is 0.867 bits per heavy atom. The van der Waals surface area contributed by atoms with Crippen LogP contribution < -0.4 is 4.74 Å². The Morgan fingerprint density at radius 3 is 2.00 bits per heavy atom. The standard InChI is InChI=1S/C27H30O3/c1-5-27(6-2,22-12-14-24(26(28)29)19(3)16-22)23-13-15-25(20(4)17-23)30-18-21-10-8-7-9-11-21/h7-17H,5-6,18H2,1-4H3,(H,28,29). The van der Waals surface area contributed by atoms with E-state index in [0.29, 0.717) is 12.2 Å². The van der Waals surface area contributed by atoms with E-state index in [0.717, 1.165) is 40.8 Å². The van der Waals surface area contributed by atoms with Gasteiger partial charge in [0.1, 0.15) is 12.4 Å². The van der Waals surface area contributed by atoms with Crippen LogP contribution in [0.1, 0.15) is 64.9 Å². The van der Waals surface area contributed by atoms with Gasteiger partial charge in [-0.05, 0) is 66.6 Å². The van der Waals surface area contributed by atoms with E-state index in [4.69, 9.17) is 4.74 Å². The third-order valence-corrected chi connectivity index (χ3v) is 6.18. The van der Waals surface area contributed by atoms with Gasteiger partial charge in [-0.1, -0.05) is 68.4 Å². The highest BCUT2D eigenvalue weighted by molar-refractivity contribution is 5.89. The summed E-state index contributed by atoms with van der Waals surface area (Å²) in [6.45, 7) is 8.88. The number of rotatable bonds is 8. The van der Waals surface area contributed by atoms with Crippen LogP contribution in [-0.2, 0) is 12.0 Å². The van der Waals surface area contributed by atoms with Crippen molar-refractivity contribution in [2.45, 2.75) is 52.6 Å². The monoisotopic (exact) mass is 402 g/mol. The third kappa shape index (κ3) is 4.25. The predicted octanol–water partition coefficient (Wildman–Crippen LogP) is 6.69. The van der Waals surface area contributed by atoms with E-state index in [1.165, 1.54) is 5.56 Å². The van der Waals surface area contributed by atoms with Crippen LogP contribution in [0.4, 0.5) is 0 Å². The number of hydrogen-bond donors (Lipinski definition) is 1. The smallest absolute Gasteiger partial charge is 0.335 e. The molecule has 0 unspecified atom stereocenters. The first-order chi connectivity index (χ1) is 14.4. The minimum Gasteiger partial charge on any atom is -0.489 e. The molecule has 0 radical (unpaired) electrons. The molecule has 0 aromatic heterocycles. The molecule has 156 valence electrons. The zero-order chi connectivity index (χ0) is 21.7. The quantitative estimate of drug-likeness (QED) is 0.457. The summed E-state index contributed by atoms with van der Waals surface area (Å²) >= 11 is 0. The van der Waals surface area contributed by atoms with E-state index in [1.54, 1.807) is 6.07 Å². The lowest BCUT2D eigenvalue weighted by Gasteiger charge is -2.34. The highest BCUT2D eigenvalue weighted by Crippen LogP contribution is 2.41. The molecule has 3 heteroatoms. The van der Waals surface area contributed by atoms with Crippen LogP contribution >= 0.6 is 0 Å². The molecule has 0 atom stereocenters. The zero-order valence-electron chi connectivity index (χ0n) is 18.2. The van der Waals surface area contributed by atoms with Gasteiger partial charge >= 0.3 is 5.97 Å². The second kappa shape index (κ2) is 9.17. The molecule has 0 aliphatic carbocycles. The van der Waals surface area contributed by atoms with Gasteiger partial charge in [0.2, 0.25) is 0 Å². The van der Waals surface area contributed by atoms with Gasteiger partial charge in [0.05, 0.1) is 5.56 Å². The SMILES string of the molecule is CCC(CC)(c1ccc(OCc2ccccc2)c(C)c1)c1ccc(C(=O)O)c(C)c1. The molecular formula is C27H30O3. The van der Waals surface area contributed by atoms with E-state index < -0.39 is 5.97 Å². The molecule has 0 saturated carbocycles. The number of hydrogen-bond acceptors (Lipinski definition) is 2. The summed E-state index contributed by atoms with van der Waals surface area (Å²) < 4.78 is 6.06.